The summed E-state index contributed by atoms with van der Waals surface area (Å²) in [4.78, 5) is 14.2. The Morgan fingerprint density at radius 2 is 1.91 bits per heavy atom. The summed E-state index contributed by atoms with van der Waals surface area (Å²) >= 11 is 0. The van der Waals surface area contributed by atoms with Gasteiger partial charge >= 0.3 is 6.61 Å². The standard InChI is InChI=1S/C15H19F2NO4/c1-9-7-18(8-10(2)21-9)14(19)11-4-5-12(22-15(16)17)13(6-11)20-3/h4-6,9-10,15H,7-8H2,1-3H3. The van der Waals surface area contributed by atoms with Crippen LogP contribution in [0.3, 0.4) is 0 Å². The van der Waals surface area contributed by atoms with Crippen molar-refractivity contribution in [3.05, 3.63) is 23.8 Å². The molecule has 1 aromatic carbocycles. The first-order chi connectivity index (χ1) is 10.4. The number of morpholine rings is 1. The van der Waals surface area contributed by atoms with Crippen molar-refractivity contribution in [3.63, 3.8) is 0 Å². The number of halogens is 2. The molecule has 2 atom stereocenters. The topological polar surface area (TPSA) is 48.0 Å². The van der Waals surface area contributed by atoms with Crippen molar-refractivity contribution < 1.29 is 27.8 Å². The van der Waals surface area contributed by atoms with E-state index >= 15 is 0 Å². The average molecular weight is 315 g/mol. The number of carbonyl (C=O) groups excluding carboxylic acids is 1. The van der Waals surface area contributed by atoms with Gasteiger partial charge in [-0.2, -0.15) is 8.78 Å². The van der Waals surface area contributed by atoms with E-state index in [1.807, 2.05) is 13.8 Å². The maximum atomic E-state index is 12.5. The van der Waals surface area contributed by atoms with E-state index in [-0.39, 0.29) is 29.6 Å². The highest BCUT2D eigenvalue weighted by atomic mass is 19.3. The molecular weight excluding hydrogens is 296 g/mol. The van der Waals surface area contributed by atoms with E-state index in [0.717, 1.165) is 0 Å². The summed E-state index contributed by atoms with van der Waals surface area (Å²) in [6.07, 6.45) is -0.0907. The molecule has 1 saturated heterocycles. The number of rotatable bonds is 4. The van der Waals surface area contributed by atoms with E-state index in [2.05, 4.69) is 4.74 Å². The normalized spacial score (nSPS) is 21.8. The summed E-state index contributed by atoms with van der Waals surface area (Å²) in [5, 5.41) is 0. The van der Waals surface area contributed by atoms with Crippen molar-refractivity contribution >= 4 is 5.91 Å². The van der Waals surface area contributed by atoms with Crippen LogP contribution >= 0.6 is 0 Å². The first kappa shape index (κ1) is 16.5. The summed E-state index contributed by atoms with van der Waals surface area (Å²) < 4.78 is 39.6. The van der Waals surface area contributed by atoms with Crippen molar-refractivity contribution in [2.24, 2.45) is 0 Å². The lowest BCUT2D eigenvalue weighted by Crippen LogP contribution is -2.48. The molecule has 1 aromatic rings. The molecule has 0 N–H and O–H groups in total. The Bertz CT molecular complexity index is 528. The molecule has 1 heterocycles. The minimum Gasteiger partial charge on any atom is -0.493 e. The fourth-order valence-corrected chi connectivity index (χ4v) is 2.52. The highest BCUT2D eigenvalue weighted by Crippen LogP contribution is 2.30. The molecular formula is C15H19F2NO4. The molecule has 122 valence electrons. The van der Waals surface area contributed by atoms with Gasteiger partial charge in [0.05, 0.1) is 19.3 Å². The Morgan fingerprint density at radius 3 is 2.45 bits per heavy atom. The molecule has 0 saturated carbocycles. The summed E-state index contributed by atoms with van der Waals surface area (Å²) in [5.74, 6) is -0.192. The van der Waals surface area contributed by atoms with E-state index in [1.165, 1.54) is 25.3 Å². The number of carbonyl (C=O) groups is 1. The molecule has 2 unspecified atom stereocenters. The minimum atomic E-state index is -2.95. The number of nitrogens with zero attached hydrogens (tertiary/aromatic N) is 1. The monoisotopic (exact) mass is 315 g/mol. The number of hydrogen-bond donors (Lipinski definition) is 0. The van der Waals surface area contributed by atoms with Gasteiger partial charge in [0.15, 0.2) is 11.5 Å². The second-order valence-corrected chi connectivity index (χ2v) is 5.21. The van der Waals surface area contributed by atoms with Crippen LogP contribution in [-0.4, -0.2) is 49.8 Å². The van der Waals surface area contributed by atoms with Crippen LogP contribution in [0.1, 0.15) is 24.2 Å². The second kappa shape index (κ2) is 6.91. The van der Waals surface area contributed by atoms with Crippen LogP contribution in [0.4, 0.5) is 8.78 Å². The van der Waals surface area contributed by atoms with Crippen LogP contribution in [0, 0.1) is 0 Å². The molecule has 0 spiro atoms. The molecule has 0 aliphatic carbocycles. The molecule has 2 rings (SSSR count). The smallest absolute Gasteiger partial charge is 0.387 e. The molecule has 22 heavy (non-hydrogen) atoms. The van der Waals surface area contributed by atoms with Crippen LogP contribution in [-0.2, 0) is 4.74 Å². The van der Waals surface area contributed by atoms with Crippen molar-refractivity contribution in [2.45, 2.75) is 32.7 Å². The lowest BCUT2D eigenvalue weighted by Gasteiger charge is -2.35. The number of alkyl halides is 2. The Hall–Kier alpha value is -1.89. The highest BCUT2D eigenvalue weighted by molar-refractivity contribution is 5.95. The van der Waals surface area contributed by atoms with E-state index < -0.39 is 6.61 Å². The summed E-state index contributed by atoms with van der Waals surface area (Å²) in [5.41, 5.74) is 0.361. The molecule has 0 bridgehead atoms. The minimum absolute atomic E-state index is 0.0453. The van der Waals surface area contributed by atoms with Crippen LogP contribution in [0.15, 0.2) is 18.2 Å². The predicted molar refractivity (Wildman–Crippen MR) is 75.5 cm³/mol. The lowest BCUT2D eigenvalue weighted by molar-refractivity contribution is -0.0586. The van der Waals surface area contributed by atoms with Crippen LogP contribution in [0.25, 0.3) is 0 Å². The maximum Gasteiger partial charge on any atom is 0.387 e. The first-order valence-electron chi connectivity index (χ1n) is 6.98. The van der Waals surface area contributed by atoms with E-state index in [0.29, 0.717) is 18.7 Å². The zero-order valence-corrected chi connectivity index (χ0v) is 12.7. The van der Waals surface area contributed by atoms with E-state index in [9.17, 15) is 13.6 Å². The van der Waals surface area contributed by atoms with Crippen molar-refractivity contribution in [1.29, 1.82) is 0 Å². The maximum absolute atomic E-state index is 12.5. The molecule has 1 aliphatic heterocycles. The van der Waals surface area contributed by atoms with Gasteiger partial charge in [0.2, 0.25) is 0 Å². The Morgan fingerprint density at radius 1 is 1.27 bits per heavy atom. The third kappa shape index (κ3) is 3.85. The lowest BCUT2D eigenvalue weighted by atomic mass is 10.1. The number of benzene rings is 1. The summed E-state index contributed by atoms with van der Waals surface area (Å²) in [6, 6.07) is 4.17. The molecule has 0 radical (unpaired) electrons. The third-order valence-corrected chi connectivity index (χ3v) is 3.33. The SMILES string of the molecule is COc1cc(C(=O)N2CC(C)OC(C)C2)ccc1OC(F)F. The Labute approximate surface area is 127 Å². The zero-order valence-electron chi connectivity index (χ0n) is 12.7. The number of ether oxygens (including phenoxy) is 3. The molecule has 7 heteroatoms. The molecule has 1 fully saturated rings. The quantitative estimate of drug-likeness (QED) is 0.857. The average Bonchev–Trinajstić information content (AvgIpc) is 2.45. The molecule has 1 aliphatic rings. The van der Waals surface area contributed by atoms with Gasteiger partial charge in [0.25, 0.3) is 5.91 Å². The van der Waals surface area contributed by atoms with Gasteiger partial charge in [0.1, 0.15) is 0 Å². The number of hydrogen-bond acceptors (Lipinski definition) is 4. The Balaban J connectivity index is 2.19. The van der Waals surface area contributed by atoms with Crippen molar-refractivity contribution in [1.82, 2.24) is 4.90 Å². The van der Waals surface area contributed by atoms with Gasteiger partial charge in [-0.3, -0.25) is 4.79 Å². The van der Waals surface area contributed by atoms with Crippen molar-refractivity contribution in [2.75, 3.05) is 20.2 Å². The van der Waals surface area contributed by atoms with Gasteiger partial charge in [-0.05, 0) is 32.0 Å². The van der Waals surface area contributed by atoms with Crippen LogP contribution in [0.2, 0.25) is 0 Å². The summed E-state index contributed by atoms with van der Waals surface area (Å²) in [7, 11) is 1.33. The highest BCUT2D eigenvalue weighted by Gasteiger charge is 2.27. The van der Waals surface area contributed by atoms with Gasteiger partial charge in [-0.25, -0.2) is 0 Å². The third-order valence-electron chi connectivity index (χ3n) is 3.33. The first-order valence-corrected chi connectivity index (χ1v) is 6.98. The Kier molecular flexibility index (Phi) is 5.18. The number of methoxy groups -OCH3 is 1. The van der Waals surface area contributed by atoms with Gasteiger partial charge < -0.3 is 19.1 Å². The zero-order chi connectivity index (χ0) is 16.3. The van der Waals surface area contributed by atoms with Crippen LogP contribution in [0.5, 0.6) is 11.5 Å². The predicted octanol–water partition coefficient (Wildman–Crippen LogP) is 2.55. The summed E-state index contributed by atoms with van der Waals surface area (Å²) in [6.45, 7) is 1.82. The number of amides is 1. The molecule has 1 amide bonds. The van der Waals surface area contributed by atoms with Gasteiger partial charge in [-0.1, -0.05) is 0 Å². The van der Waals surface area contributed by atoms with Crippen molar-refractivity contribution in [3.8, 4) is 11.5 Å². The van der Waals surface area contributed by atoms with Gasteiger partial charge in [0, 0.05) is 18.7 Å². The van der Waals surface area contributed by atoms with E-state index in [1.54, 1.807) is 4.90 Å². The fourth-order valence-electron chi connectivity index (χ4n) is 2.52. The second-order valence-electron chi connectivity index (χ2n) is 5.21. The molecule has 0 aromatic heterocycles. The molecule has 5 nitrogen and oxygen atoms in total. The van der Waals surface area contributed by atoms with Gasteiger partial charge in [-0.15, -0.1) is 0 Å². The van der Waals surface area contributed by atoms with Crippen LogP contribution < -0.4 is 9.47 Å². The fraction of sp³-hybridized carbons (Fsp3) is 0.533. The largest absolute Gasteiger partial charge is 0.493 e. The van der Waals surface area contributed by atoms with E-state index in [4.69, 9.17) is 9.47 Å².